The maximum Gasteiger partial charge on any atom is 0.239 e. The fourth-order valence-electron chi connectivity index (χ4n) is 1.07. The van der Waals surface area contributed by atoms with Crippen molar-refractivity contribution in [1.29, 1.82) is 0 Å². The Morgan fingerprint density at radius 2 is 2.24 bits per heavy atom. The Balaban J connectivity index is 2.65. The van der Waals surface area contributed by atoms with Crippen molar-refractivity contribution in [3.05, 3.63) is 11.2 Å². The number of hydrogen-bond acceptors (Lipinski definition) is 5. The molecule has 17 heavy (non-hydrogen) atoms. The van der Waals surface area contributed by atoms with E-state index >= 15 is 0 Å². The molecule has 0 saturated heterocycles. The number of amides is 1. The van der Waals surface area contributed by atoms with Gasteiger partial charge in [-0.15, -0.1) is 0 Å². The Bertz CT molecular complexity index is 385. The van der Waals surface area contributed by atoms with E-state index in [0.29, 0.717) is 16.8 Å². The molecule has 1 heterocycles. The van der Waals surface area contributed by atoms with E-state index in [1.165, 1.54) is 6.20 Å². The van der Waals surface area contributed by atoms with E-state index in [1.807, 2.05) is 6.92 Å². The second-order valence-corrected chi connectivity index (χ2v) is 3.75. The van der Waals surface area contributed by atoms with Gasteiger partial charge in [-0.05, 0) is 6.42 Å². The molecule has 0 radical (unpaired) electrons. The van der Waals surface area contributed by atoms with Crippen LogP contribution >= 0.6 is 11.6 Å². The van der Waals surface area contributed by atoms with Crippen LogP contribution in [0.15, 0.2) is 6.20 Å². The minimum atomic E-state index is -0.136. The highest BCUT2D eigenvalue weighted by atomic mass is 35.5. The van der Waals surface area contributed by atoms with Gasteiger partial charge in [-0.3, -0.25) is 4.79 Å². The number of carbonyl (C=O) groups is 1. The SMILES string of the molecule is CCCNc1ncc(Cl)c(NCC(=O)NC)n1. The van der Waals surface area contributed by atoms with Gasteiger partial charge < -0.3 is 16.0 Å². The van der Waals surface area contributed by atoms with Gasteiger partial charge in [0.15, 0.2) is 5.82 Å². The zero-order chi connectivity index (χ0) is 12.7. The lowest BCUT2D eigenvalue weighted by Crippen LogP contribution is -2.26. The van der Waals surface area contributed by atoms with Gasteiger partial charge in [-0.1, -0.05) is 18.5 Å². The third kappa shape index (κ3) is 4.44. The first kappa shape index (κ1) is 13.5. The van der Waals surface area contributed by atoms with Gasteiger partial charge >= 0.3 is 0 Å². The first-order chi connectivity index (χ1) is 8.17. The third-order valence-electron chi connectivity index (χ3n) is 1.97. The number of rotatable bonds is 6. The quantitative estimate of drug-likeness (QED) is 0.712. The van der Waals surface area contributed by atoms with Gasteiger partial charge in [0.25, 0.3) is 0 Å². The predicted molar refractivity (Wildman–Crippen MR) is 68.4 cm³/mol. The molecular weight excluding hydrogens is 242 g/mol. The Morgan fingerprint density at radius 3 is 2.88 bits per heavy atom. The van der Waals surface area contributed by atoms with Crippen molar-refractivity contribution < 1.29 is 4.79 Å². The Hall–Kier alpha value is -1.56. The number of hydrogen-bond donors (Lipinski definition) is 3. The summed E-state index contributed by atoms with van der Waals surface area (Å²) in [5.41, 5.74) is 0. The molecule has 0 aromatic carbocycles. The highest BCUT2D eigenvalue weighted by molar-refractivity contribution is 6.32. The normalized spacial score (nSPS) is 9.82. The minimum Gasteiger partial charge on any atom is -0.360 e. The van der Waals surface area contributed by atoms with Crippen LogP contribution in [0.4, 0.5) is 11.8 Å². The molecule has 1 aromatic heterocycles. The molecule has 7 heteroatoms. The molecule has 94 valence electrons. The van der Waals surface area contributed by atoms with E-state index in [9.17, 15) is 4.79 Å². The maximum absolute atomic E-state index is 11.1. The first-order valence-electron chi connectivity index (χ1n) is 5.38. The average Bonchev–Trinajstić information content (AvgIpc) is 2.35. The van der Waals surface area contributed by atoms with Crippen molar-refractivity contribution in [1.82, 2.24) is 15.3 Å². The molecule has 0 unspecified atom stereocenters. The summed E-state index contributed by atoms with van der Waals surface area (Å²) in [6.07, 6.45) is 2.48. The lowest BCUT2D eigenvalue weighted by molar-refractivity contribution is -0.118. The van der Waals surface area contributed by atoms with Crippen molar-refractivity contribution in [2.75, 3.05) is 30.8 Å². The fraction of sp³-hybridized carbons (Fsp3) is 0.500. The second-order valence-electron chi connectivity index (χ2n) is 3.34. The highest BCUT2D eigenvalue weighted by Gasteiger charge is 2.06. The largest absolute Gasteiger partial charge is 0.360 e. The molecule has 1 amide bonds. The van der Waals surface area contributed by atoms with Gasteiger partial charge in [0.1, 0.15) is 5.02 Å². The fourth-order valence-corrected chi connectivity index (χ4v) is 1.22. The van der Waals surface area contributed by atoms with E-state index in [-0.39, 0.29) is 12.5 Å². The van der Waals surface area contributed by atoms with Crippen molar-refractivity contribution in [2.45, 2.75) is 13.3 Å². The number of likely N-dealkylation sites (N-methyl/N-ethyl adjacent to an activating group) is 1. The van der Waals surface area contributed by atoms with Gasteiger partial charge in [0.05, 0.1) is 12.7 Å². The monoisotopic (exact) mass is 257 g/mol. The second kappa shape index (κ2) is 6.90. The van der Waals surface area contributed by atoms with Gasteiger partial charge in [0.2, 0.25) is 11.9 Å². The van der Waals surface area contributed by atoms with Crippen LogP contribution in [0.5, 0.6) is 0 Å². The van der Waals surface area contributed by atoms with Crippen molar-refractivity contribution in [3.8, 4) is 0 Å². The summed E-state index contributed by atoms with van der Waals surface area (Å²) < 4.78 is 0. The van der Waals surface area contributed by atoms with Crippen molar-refractivity contribution in [3.63, 3.8) is 0 Å². The molecule has 3 N–H and O–H groups in total. The molecular formula is C10H16ClN5O. The molecule has 0 atom stereocenters. The average molecular weight is 258 g/mol. The molecule has 0 aliphatic rings. The summed E-state index contributed by atoms with van der Waals surface area (Å²) in [7, 11) is 1.57. The number of halogens is 1. The van der Waals surface area contributed by atoms with Crippen molar-refractivity contribution >= 4 is 29.3 Å². The van der Waals surface area contributed by atoms with Gasteiger partial charge in [0, 0.05) is 13.6 Å². The van der Waals surface area contributed by atoms with Gasteiger partial charge in [-0.2, -0.15) is 4.98 Å². The summed E-state index contributed by atoms with van der Waals surface area (Å²) in [4.78, 5) is 19.3. The highest BCUT2D eigenvalue weighted by Crippen LogP contribution is 2.18. The predicted octanol–water partition coefficient (Wildman–Crippen LogP) is 1.11. The maximum atomic E-state index is 11.1. The molecule has 0 aliphatic carbocycles. The van der Waals surface area contributed by atoms with E-state index in [4.69, 9.17) is 11.6 Å². The lowest BCUT2D eigenvalue weighted by atomic mass is 10.5. The lowest BCUT2D eigenvalue weighted by Gasteiger charge is -2.08. The molecule has 0 spiro atoms. The smallest absolute Gasteiger partial charge is 0.239 e. The number of carbonyl (C=O) groups excluding carboxylic acids is 1. The third-order valence-corrected chi connectivity index (χ3v) is 2.25. The van der Waals surface area contributed by atoms with E-state index in [0.717, 1.165) is 13.0 Å². The summed E-state index contributed by atoms with van der Waals surface area (Å²) in [5.74, 6) is 0.808. The van der Waals surface area contributed by atoms with Crippen LogP contribution in [0.3, 0.4) is 0 Å². The van der Waals surface area contributed by atoms with Crippen molar-refractivity contribution in [2.24, 2.45) is 0 Å². The Kier molecular flexibility index (Phi) is 5.48. The molecule has 1 aromatic rings. The molecule has 1 rings (SSSR count). The Labute approximate surface area is 105 Å². The molecule has 0 aliphatic heterocycles. The molecule has 0 bridgehead atoms. The summed E-state index contributed by atoms with van der Waals surface area (Å²) in [6, 6.07) is 0. The summed E-state index contributed by atoms with van der Waals surface area (Å²) in [5, 5.41) is 8.77. The Morgan fingerprint density at radius 1 is 1.47 bits per heavy atom. The van der Waals surface area contributed by atoms with Crippen LogP contribution in [0.1, 0.15) is 13.3 Å². The van der Waals surface area contributed by atoms with Crippen LogP contribution in [-0.4, -0.2) is 36.0 Å². The summed E-state index contributed by atoms with van der Waals surface area (Å²) in [6.45, 7) is 2.96. The standard InChI is InChI=1S/C10H16ClN5O/c1-3-4-13-10-15-5-7(11)9(16-10)14-6-8(17)12-2/h5H,3-4,6H2,1-2H3,(H,12,17)(H2,13,14,15,16). The van der Waals surface area contributed by atoms with E-state index < -0.39 is 0 Å². The number of nitrogens with zero attached hydrogens (tertiary/aromatic N) is 2. The molecule has 6 nitrogen and oxygen atoms in total. The van der Waals surface area contributed by atoms with Gasteiger partial charge in [-0.25, -0.2) is 4.98 Å². The number of aromatic nitrogens is 2. The van der Waals surface area contributed by atoms with Crippen LogP contribution in [0, 0.1) is 0 Å². The first-order valence-corrected chi connectivity index (χ1v) is 5.76. The van der Waals surface area contributed by atoms with E-state index in [1.54, 1.807) is 7.05 Å². The molecule has 0 fully saturated rings. The number of nitrogens with one attached hydrogen (secondary N) is 3. The zero-order valence-electron chi connectivity index (χ0n) is 9.88. The van der Waals surface area contributed by atoms with Crippen LogP contribution in [0.2, 0.25) is 5.02 Å². The van der Waals surface area contributed by atoms with Crippen LogP contribution in [0.25, 0.3) is 0 Å². The minimum absolute atomic E-state index is 0.125. The summed E-state index contributed by atoms with van der Waals surface area (Å²) >= 11 is 5.91. The zero-order valence-corrected chi connectivity index (χ0v) is 10.6. The molecule has 0 saturated carbocycles. The topological polar surface area (TPSA) is 78.9 Å². The van der Waals surface area contributed by atoms with E-state index in [2.05, 4.69) is 25.9 Å². The van der Waals surface area contributed by atoms with Crippen LogP contribution < -0.4 is 16.0 Å². The van der Waals surface area contributed by atoms with Crippen LogP contribution in [-0.2, 0) is 4.79 Å². The number of anilines is 2.